The summed E-state index contributed by atoms with van der Waals surface area (Å²) < 4.78 is 12.6. The predicted octanol–water partition coefficient (Wildman–Crippen LogP) is 1.23. The molecule has 1 heterocycles. The summed E-state index contributed by atoms with van der Waals surface area (Å²) in [5.74, 6) is -0.171. The van der Waals surface area contributed by atoms with Crippen LogP contribution in [-0.4, -0.2) is 26.2 Å². The van der Waals surface area contributed by atoms with Crippen molar-refractivity contribution >= 4 is 5.69 Å². The maximum absolute atomic E-state index is 12.6. The molecule has 1 aromatic rings. The van der Waals surface area contributed by atoms with Gasteiger partial charge >= 0.3 is 0 Å². The highest BCUT2D eigenvalue weighted by Gasteiger charge is 2.32. The lowest BCUT2D eigenvalue weighted by atomic mass is 10.3. The van der Waals surface area contributed by atoms with Crippen LogP contribution in [0.4, 0.5) is 10.1 Å². The van der Waals surface area contributed by atoms with E-state index in [9.17, 15) is 4.39 Å². The third-order valence-corrected chi connectivity index (χ3v) is 2.31. The first-order valence-electron chi connectivity index (χ1n) is 4.48. The van der Waals surface area contributed by atoms with Crippen molar-refractivity contribution in [1.82, 2.24) is 5.32 Å². The number of halogens is 1. The maximum Gasteiger partial charge on any atom is 0.123 e. The molecular weight excluding hydrogens is 167 g/mol. The highest BCUT2D eigenvalue weighted by atomic mass is 19.1. The lowest BCUT2D eigenvalue weighted by Crippen LogP contribution is -2.17. The van der Waals surface area contributed by atoms with E-state index in [2.05, 4.69) is 10.2 Å². The fourth-order valence-electron chi connectivity index (χ4n) is 1.54. The molecule has 1 unspecified atom stereocenters. The topological polar surface area (TPSA) is 15.0 Å². The molecule has 2 nitrogen and oxygen atoms in total. The van der Waals surface area contributed by atoms with Gasteiger partial charge in [-0.2, -0.15) is 0 Å². The number of hydrogen-bond donors (Lipinski definition) is 1. The van der Waals surface area contributed by atoms with Crippen molar-refractivity contribution in [3.63, 3.8) is 0 Å². The molecule has 1 fully saturated rings. The number of rotatable bonds is 3. The molecule has 1 aromatic carbocycles. The number of nitrogens with one attached hydrogen (secondary N) is 1. The average molecular weight is 180 g/mol. The Morgan fingerprint density at radius 2 is 2.15 bits per heavy atom. The fourth-order valence-corrected chi connectivity index (χ4v) is 1.54. The Morgan fingerprint density at radius 1 is 1.46 bits per heavy atom. The van der Waals surface area contributed by atoms with Gasteiger partial charge in [-0.1, -0.05) is 0 Å². The Morgan fingerprint density at radius 3 is 2.77 bits per heavy atom. The number of likely N-dealkylation sites (N-methyl/N-ethyl adjacent to an activating group) is 1. The fraction of sp³-hybridized carbons (Fsp3) is 0.400. The van der Waals surface area contributed by atoms with Crippen LogP contribution in [0, 0.1) is 5.82 Å². The zero-order valence-electron chi connectivity index (χ0n) is 7.63. The summed E-state index contributed by atoms with van der Waals surface area (Å²) in [6.07, 6.45) is 0. The van der Waals surface area contributed by atoms with Crippen LogP contribution in [0.2, 0.25) is 0 Å². The van der Waals surface area contributed by atoms with Crippen LogP contribution in [0.3, 0.4) is 0 Å². The second kappa shape index (κ2) is 3.34. The summed E-state index contributed by atoms with van der Waals surface area (Å²) in [6.45, 7) is 2.07. The molecule has 0 spiro atoms. The van der Waals surface area contributed by atoms with Crippen molar-refractivity contribution in [2.45, 2.75) is 6.04 Å². The molecule has 0 amide bonds. The van der Waals surface area contributed by atoms with Gasteiger partial charge in [-0.25, -0.2) is 4.39 Å². The molecule has 70 valence electrons. The quantitative estimate of drug-likeness (QED) is 0.704. The molecule has 1 atom stereocenters. The molecule has 0 aliphatic carbocycles. The molecule has 0 radical (unpaired) electrons. The molecule has 13 heavy (non-hydrogen) atoms. The molecule has 3 heteroatoms. The molecule has 0 bridgehead atoms. The van der Waals surface area contributed by atoms with E-state index >= 15 is 0 Å². The molecule has 2 rings (SSSR count). The van der Waals surface area contributed by atoms with Crippen LogP contribution < -0.4 is 10.2 Å². The Balaban J connectivity index is 2.00. The van der Waals surface area contributed by atoms with Gasteiger partial charge < -0.3 is 10.2 Å². The largest absolute Gasteiger partial charge is 0.363 e. The highest BCUT2D eigenvalue weighted by Crippen LogP contribution is 2.26. The summed E-state index contributed by atoms with van der Waals surface area (Å²) in [6, 6.07) is 7.25. The summed E-state index contributed by atoms with van der Waals surface area (Å²) >= 11 is 0. The lowest BCUT2D eigenvalue weighted by Gasteiger charge is -2.04. The molecule has 0 saturated carbocycles. The zero-order valence-corrected chi connectivity index (χ0v) is 7.63. The molecule has 1 aliphatic heterocycles. The Labute approximate surface area is 77.4 Å². The van der Waals surface area contributed by atoms with E-state index < -0.39 is 0 Å². The van der Waals surface area contributed by atoms with E-state index in [0.717, 1.165) is 18.8 Å². The van der Waals surface area contributed by atoms with Crippen molar-refractivity contribution in [3.05, 3.63) is 30.1 Å². The summed E-state index contributed by atoms with van der Waals surface area (Å²) in [4.78, 5) is 2.25. The summed E-state index contributed by atoms with van der Waals surface area (Å²) in [5.41, 5.74) is 1.11. The monoisotopic (exact) mass is 180 g/mol. The van der Waals surface area contributed by atoms with Gasteiger partial charge in [0.25, 0.3) is 0 Å². The third-order valence-electron chi connectivity index (χ3n) is 2.31. The number of anilines is 1. The van der Waals surface area contributed by atoms with E-state index in [1.54, 1.807) is 0 Å². The van der Waals surface area contributed by atoms with Crippen LogP contribution in [0.15, 0.2) is 24.3 Å². The van der Waals surface area contributed by atoms with E-state index in [4.69, 9.17) is 0 Å². The third kappa shape index (κ3) is 1.80. The van der Waals surface area contributed by atoms with E-state index in [0.29, 0.717) is 6.04 Å². The van der Waals surface area contributed by atoms with E-state index in [-0.39, 0.29) is 5.82 Å². The number of benzene rings is 1. The number of nitrogens with zero attached hydrogens (tertiary/aromatic N) is 1. The second-order valence-corrected chi connectivity index (χ2v) is 3.34. The van der Waals surface area contributed by atoms with Gasteiger partial charge in [0.1, 0.15) is 5.82 Å². The first kappa shape index (κ1) is 8.51. The first-order valence-corrected chi connectivity index (χ1v) is 4.48. The summed E-state index contributed by atoms with van der Waals surface area (Å²) in [5, 5.41) is 3.13. The standard InChI is InChI=1S/C10H13FN2/c1-12-6-10-7-13(10)9-4-2-8(11)3-5-9/h2-5,10,12H,6-7H2,1H3. The first-order chi connectivity index (χ1) is 6.31. The minimum Gasteiger partial charge on any atom is -0.363 e. The van der Waals surface area contributed by atoms with Gasteiger partial charge in [0.05, 0.1) is 6.04 Å². The van der Waals surface area contributed by atoms with Crippen LogP contribution in [-0.2, 0) is 0 Å². The number of hydrogen-bond acceptors (Lipinski definition) is 2. The van der Waals surface area contributed by atoms with Crippen molar-refractivity contribution < 1.29 is 4.39 Å². The van der Waals surface area contributed by atoms with Crippen LogP contribution >= 0.6 is 0 Å². The molecule has 1 saturated heterocycles. The van der Waals surface area contributed by atoms with Crippen LogP contribution in [0.25, 0.3) is 0 Å². The molecular formula is C10H13FN2. The highest BCUT2D eigenvalue weighted by molar-refractivity contribution is 5.53. The Kier molecular flexibility index (Phi) is 2.19. The van der Waals surface area contributed by atoms with Crippen molar-refractivity contribution in [2.24, 2.45) is 0 Å². The smallest absolute Gasteiger partial charge is 0.123 e. The van der Waals surface area contributed by atoms with Crippen molar-refractivity contribution in [3.8, 4) is 0 Å². The SMILES string of the molecule is CNCC1CN1c1ccc(F)cc1. The van der Waals surface area contributed by atoms with Gasteiger partial charge in [0.15, 0.2) is 0 Å². The van der Waals surface area contributed by atoms with E-state index in [1.807, 2.05) is 19.2 Å². The Hall–Kier alpha value is -1.09. The predicted molar refractivity (Wildman–Crippen MR) is 51.5 cm³/mol. The van der Waals surface area contributed by atoms with Gasteiger partial charge in [-0.15, -0.1) is 0 Å². The van der Waals surface area contributed by atoms with Gasteiger partial charge in [0, 0.05) is 18.8 Å². The zero-order chi connectivity index (χ0) is 9.26. The summed E-state index contributed by atoms with van der Waals surface area (Å²) in [7, 11) is 1.95. The average Bonchev–Trinajstić information content (AvgIpc) is 2.86. The maximum atomic E-state index is 12.6. The molecule has 1 aliphatic rings. The van der Waals surface area contributed by atoms with Gasteiger partial charge in [-0.3, -0.25) is 0 Å². The van der Waals surface area contributed by atoms with Crippen LogP contribution in [0.1, 0.15) is 0 Å². The Bertz CT molecular complexity index is 283. The van der Waals surface area contributed by atoms with E-state index in [1.165, 1.54) is 12.1 Å². The molecule has 1 N–H and O–H groups in total. The van der Waals surface area contributed by atoms with Gasteiger partial charge in [-0.05, 0) is 31.3 Å². The second-order valence-electron chi connectivity index (χ2n) is 3.34. The minimum absolute atomic E-state index is 0.171. The normalized spacial score (nSPS) is 20.5. The van der Waals surface area contributed by atoms with Crippen molar-refractivity contribution in [1.29, 1.82) is 0 Å². The van der Waals surface area contributed by atoms with Crippen LogP contribution in [0.5, 0.6) is 0 Å². The van der Waals surface area contributed by atoms with Crippen molar-refractivity contribution in [2.75, 3.05) is 25.0 Å². The molecule has 0 aromatic heterocycles. The minimum atomic E-state index is -0.171. The van der Waals surface area contributed by atoms with Gasteiger partial charge in [0.2, 0.25) is 0 Å². The lowest BCUT2D eigenvalue weighted by molar-refractivity contribution is 0.628.